The highest BCUT2D eigenvalue weighted by Crippen LogP contribution is 2.36. The molecule has 3 N–H and O–H groups in total. The van der Waals surface area contributed by atoms with Gasteiger partial charge in [-0.05, 0) is 26.0 Å². The van der Waals surface area contributed by atoms with Crippen molar-refractivity contribution in [3.63, 3.8) is 0 Å². The predicted octanol–water partition coefficient (Wildman–Crippen LogP) is 0.0897. The second-order valence-electron chi connectivity index (χ2n) is 8.84. The number of hydrogen-bond donors (Lipinski definition) is 4. The minimum absolute atomic E-state index is 0.0243. The molecule has 0 spiro atoms. The first-order valence-corrected chi connectivity index (χ1v) is 12.4. The number of carbonyl (C=O) groups is 4. The number of β-lactam (4-membered cyclic amide) rings is 1. The molecule has 2 aliphatic rings. The normalized spacial score (nSPS) is 20.5. The molecule has 0 saturated carbocycles. The standard InChI is InChI=1S/C21H26ClN3O10S/c1-11-9-14(27)25(11)17(19(30)31)21(2,36(33)34)10-35-20(32)24-7-5-23(6-8-24)18(29)12-3-4-13(26)16(28)15(12)22/h3-4,11,17,26,28,36H,5-10H2,1-2H3,(H,30,31)/t11-,17+,21+/m1/s1. The van der Waals surface area contributed by atoms with Gasteiger partial charge in [0.15, 0.2) is 28.2 Å². The summed E-state index contributed by atoms with van der Waals surface area (Å²) in [6.07, 6.45) is -0.814. The van der Waals surface area contributed by atoms with Crippen LogP contribution in [0.2, 0.25) is 5.02 Å². The number of thiol groups is 1. The molecule has 15 heteroatoms. The summed E-state index contributed by atoms with van der Waals surface area (Å²) >= 11 is 5.95. The minimum atomic E-state index is -3.43. The lowest BCUT2D eigenvalue weighted by atomic mass is 9.92. The van der Waals surface area contributed by atoms with Crippen molar-refractivity contribution in [2.75, 3.05) is 32.8 Å². The third-order valence-electron chi connectivity index (χ3n) is 6.39. The molecule has 2 fully saturated rings. The van der Waals surface area contributed by atoms with Gasteiger partial charge < -0.3 is 34.8 Å². The van der Waals surface area contributed by atoms with Crippen molar-refractivity contribution >= 4 is 46.2 Å². The van der Waals surface area contributed by atoms with Crippen LogP contribution in [0.4, 0.5) is 4.79 Å². The van der Waals surface area contributed by atoms with Crippen molar-refractivity contribution < 1.29 is 47.7 Å². The van der Waals surface area contributed by atoms with Crippen molar-refractivity contribution in [2.24, 2.45) is 0 Å². The van der Waals surface area contributed by atoms with E-state index in [-0.39, 0.29) is 43.2 Å². The van der Waals surface area contributed by atoms with Crippen molar-refractivity contribution in [3.05, 3.63) is 22.7 Å². The van der Waals surface area contributed by atoms with E-state index < -0.39 is 69.5 Å². The van der Waals surface area contributed by atoms with Crippen molar-refractivity contribution in [3.8, 4) is 11.5 Å². The number of amides is 3. The quantitative estimate of drug-likeness (QED) is 0.207. The number of ether oxygens (including phenoxy) is 1. The predicted molar refractivity (Wildman–Crippen MR) is 125 cm³/mol. The molecule has 0 aromatic heterocycles. The van der Waals surface area contributed by atoms with E-state index in [2.05, 4.69) is 0 Å². The van der Waals surface area contributed by atoms with E-state index in [4.69, 9.17) is 16.3 Å². The number of phenolic OH excluding ortho intramolecular Hbond substituents is 2. The summed E-state index contributed by atoms with van der Waals surface area (Å²) in [5, 5.41) is 28.6. The van der Waals surface area contributed by atoms with Gasteiger partial charge in [-0.3, -0.25) is 9.59 Å². The van der Waals surface area contributed by atoms with Crippen LogP contribution in [0.1, 0.15) is 30.6 Å². The Morgan fingerprint density at radius 3 is 2.25 bits per heavy atom. The number of aromatic hydroxyl groups is 2. The fourth-order valence-corrected chi connectivity index (χ4v) is 5.03. The Balaban J connectivity index is 1.64. The highest BCUT2D eigenvalue weighted by atomic mass is 35.5. The van der Waals surface area contributed by atoms with E-state index in [9.17, 15) is 42.9 Å². The SMILES string of the molecule is C[C@@H]1CC(=O)N1[C@@H](C(=O)O)[C@](C)(COC(=O)N1CCN(C(=O)c2ccc(O)c(O)c2Cl)CC1)[SH](=O)=O. The third-order valence-corrected chi connectivity index (χ3v) is 7.98. The Labute approximate surface area is 212 Å². The van der Waals surface area contributed by atoms with Gasteiger partial charge in [-0.15, -0.1) is 0 Å². The number of aliphatic carboxylic acids is 1. The Morgan fingerprint density at radius 1 is 1.17 bits per heavy atom. The highest BCUT2D eigenvalue weighted by Gasteiger charge is 2.53. The van der Waals surface area contributed by atoms with Crippen LogP contribution in [-0.2, 0) is 25.0 Å². The van der Waals surface area contributed by atoms with Gasteiger partial charge in [0.1, 0.15) is 11.4 Å². The Hall–Kier alpha value is -3.26. The monoisotopic (exact) mass is 547 g/mol. The van der Waals surface area contributed by atoms with E-state index in [1.54, 1.807) is 6.92 Å². The highest BCUT2D eigenvalue weighted by molar-refractivity contribution is 7.74. The van der Waals surface area contributed by atoms with Crippen molar-refractivity contribution in [2.45, 2.75) is 37.1 Å². The number of rotatable bonds is 7. The van der Waals surface area contributed by atoms with Crippen LogP contribution in [0.3, 0.4) is 0 Å². The van der Waals surface area contributed by atoms with Crippen molar-refractivity contribution in [1.29, 1.82) is 0 Å². The summed E-state index contributed by atoms with van der Waals surface area (Å²) in [4.78, 5) is 52.8. The zero-order valence-electron chi connectivity index (χ0n) is 19.4. The van der Waals surface area contributed by atoms with Gasteiger partial charge in [-0.2, -0.15) is 0 Å². The summed E-state index contributed by atoms with van der Waals surface area (Å²) in [5.74, 6) is -3.67. The lowest BCUT2D eigenvalue weighted by molar-refractivity contribution is -0.163. The Morgan fingerprint density at radius 2 is 1.75 bits per heavy atom. The van der Waals surface area contributed by atoms with Crippen LogP contribution >= 0.6 is 11.6 Å². The third kappa shape index (κ3) is 5.00. The molecular formula is C21H26ClN3O10S. The molecule has 0 bridgehead atoms. The summed E-state index contributed by atoms with van der Waals surface area (Å²) in [5.41, 5.74) is -0.0347. The minimum Gasteiger partial charge on any atom is -0.504 e. The fraction of sp³-hybridized carbons (Fsp3) is 0.524. The van der Waals surface area contributed by atoms with E-state index in [0.717, 1.165) is 17.9 Å². The first-order chi connectivity index (χ1) is 16.8. The van der Waals surface area contributed by atoms with Gasteiger partial charge >= 0.3 is 12.1 Å². The molecule has 1 aromatic carbocycles. The maximum absolute atomic E-state index is 12.7. The Kier molecular flexibility index (Phi) is 7.88. The van der Waals surface area contributed by atoms with Gasteiger partial charge in [-0.1, -0.05) is 11.6 Å². The van der Waals surface area contributed by atoms with Gasteiger partial charge in [0.05, 0.1) is 10.6 Å². The van der Waals surface area contributed by atoms with E-state index >= 15 is 0 Å². The first-order valence-electron chi connectivity index (χ1n) is 10.9. The average Bonchev–Trinajstić information content (AvgIpc) is 2.83. The second-order valence-corrected chi connectivity index (χ2v) is 10.8. The number of nitrogens with zero attached hydrogens (tertiary/aromatic N) is 3. The van der Waals surface area contributed by atoms with Gasteiger partial charge in [0, 0.05) is 38.6 Å². The summed E-state index contributed by atoms with van der Waals surface area (Å²) in [6.45, 7) is 2.09. The fourth-order valence-electron chi connectivity index (χ4n) is 4.19. The average molecular weight is 548 g/mol. The number of phenols is 2. The molecule has 0 aliphatic carbocycles. The van der Waals surface area contributed by atoms with Crippen LogP contribution in [0.5, 0.6) is 11.5 Å². The summed E-state index contributed by atoms with van der Waals surface area (Å²) in [6, 6.07) is 0.175. The molecule has 1 aromatic rings. The first kappa shape index (κ1) is 27.3. The van der Waals surface area contributed by atoms with Crippen LogP contribution in [0.25, 0.3) is 0 Å². The molecule has 0 radical (unpaired) electrons. The summed E-state index contributed by atoms with van der Waals surface area (Å²) in [7, 11) is -3.43. The number of hydrogen-bond acceptors (Lipinski definition) is 9. The lowest BCUT2D eigenvalue weighted by Gasteiger charge is -2.46. The number of piperazine rings is 1. The molecule has 3 amide bonds. The molecule has 3 rings (SSSR count). The molecule has 3 atom stereocenters. The molecule has 13 nitrogen and oxygen atoms in total. The van der Waals surface area contributed by atoms with Gasteiger partial charge in [0.2, 0.25) is 5.91 Å². The molecule has 36 heavy (non-hydrogen) atoms. The molecule has 198 valence electrons. The largest absolute Gasteiger partial charge is 0.504 e. The smallest absolute Gasteiger partial charge is 0.409 e. The lowest BCUT2D eigenvalue weighted by Crippen LogP contribution is -2.67. The van der Waals surface area contributed by atoms with Gasteiger partial charge in [-0.25, -0.2) is 18.0 Å². The Bertz CT molecular complexity index is 1160. The second kappa shape index (κ2) is 10.4. The zero-order chi connectivity index (χ0) is 26.9. The summed E-state index contributed by atoms with van der Waals surface area (Å²) < 4.78 is 27.3. The topological polar surface area (TPSA) is 182 Å². The van der Waals surface area contributed by atoms with E-state index in [1.165, 1.54) is 15.9 Å². The number of carboxylic acids is 1. The zero-order valence-corrected chi connectivity index (χ0v) is 21.1. The number of halogens is 1. The molecule has 2 saturated heterocycles. The molecule has 2 heterocycles. The van der Waals surface area contributed by atoms with Crippen LogP contribution in [-0.4, -0.2) is 112 Å². The van der Waals surface area contributed by atoms with E-state index in [0.29, 0.717) is 0 Å². The number of carbonyl (C=O) groups excluding carboxylic acids is 3. The van der Waals surface area contributed by atoms with Crippen LogP contribution in [0, 0.1) is 0 Å². The van der Waals surface area contributed by atoms with Crippen LogP contribution in [0.15, 0.2) is 12.1 Å². The maximum Gasteiger partial charge on any atom is 0.409 e. The van der Waals surface area contributed by atoms with Gasteiger partial charge in [0.25, 0.3) is 5.91 Å². The van der Waals surface area contributed by atoms with Crippen molar-refractivity contribution in [1.82, 2.24) is 14.7 Å². The molecule has 2 aliphatic heterocycles. The molecular weight excluding hydrogens is 522 g/mol. The molecule has 0 unspecified atom stereocenters. The number of likely N-dealkylation sites (tertiary alicyclic amines) is 1. The number of benzene rings is 1. The number of carboxylic acid groups (broad SMARTS) is 1. The van der Waals surface area contributed by atoms with Crippen LogP contribution < -0.4 is 0 Å². The van der Waals surface area contributed by atoms with E-state index in [1.807, 2.05) is 0 Å². The maximum atomic E-state index is 12.7.